The van der Waals surface area contributed by atoms with Crippen LogP contribution >= 0.6 is 0 Å². The van der Waals surface area contributed by atoms with Crippen molar-refractivity contribution in [3.8, 4) is 11.1 Å². The van der Waals surface area contributed by atoms with Gasteiger partial charge in [0, 0.05) is 62.2 Å². The van der Waals surface area contributed by atoms with E-state index in [1.807, 2.05) is 32.4 Å². The van der Waals surface area contributed by atoms with E-state index in [9.17, 15) is 4.79 Å². The van der Waals surface area contributed by atoms with Gasteiger partial charge in [-0.05, 0) is 18.9 Å². The molecule has 0 fully saturated rings. The van der Waals surface area contributed by atoms with Crippen LogP contribution in [-0.4, -0.2) is 36.8 Å². The van der Waals surface area contributed by atoms with E-state index in [0.717, 1.165) is 23.5 Å². The molecule has 0 aliphatic heterocycles. The van der Waals surface area contributed by atoms with Crippen LogP contribution in [0, 0.1) is 12.8 Å². The van der Waals surface area contributed by atoms with Gasteiger partial charge in [-0.3, -0.25) is 14.5 Å². The number of carbonyl (C=O) groups excluding carboxylic acids is 1. The molecule has 3 rings (SSSR count). The molecule has 0 bridgehead atoms. The summed E-state index contributed by atoms with van der Waals surface area (Å²) in [6, 6.07) is 1.84. The predicted molar refractivity (Wildman–Crippen MR) is 94.9 cm³/mol. The highest BCUT2D eigenvalue weighted by atomic mass is 16.1. The summed E-state index contributed by atoms with van der Waals surface area (Å²) in [6.07, 6.45) is 10.7. The molecule has 3 aromatic heterocycles. The van der Waals surface area contributed by atoms with E-state index in [0.29, 0.717) is 18.0 Å². The minimum absolute atomic E-state index is 0.118. The third-order valence-corrected chi connectivity index (χ3v) is 4.08. The van der Waals surface area contributed by atoms with E-state index in [-0.39, 0.29) is 5.91 Å². The van der Waals surface area contributed by atoms with E-state index in [1.54, 1.807) is 29.5 Å². The van der Waals surface area contributed by atoms with Gasteiger partial charge in [-0.2, -0.15) is 5.10 Å². The van der Waals surface area contributed by atoms with Gasteiger partial charge < -0.3 is 9.88 Å². The van der Waals surface area contributed by atoms with E-state index >= 15 is 0 Å². The second-order valence-corrected chi connectivity index (χ2v) is 6.31. The largest absolute Gasteiger partial charge is 0.352 e. The van der Waals surface area contributed by atoms with Crippen LogP contribution in [0.1, 0.15) is 23.1 Å². The molecule has 3 aromatic rings. The van der Waals surface area contributed by atoms with E-state index in [2.05, 4.69) is 31.9 Å². The quantitative estimate of drug-likeness (QED) is 0.746. The van der Waals surface area contributed by atoms with Crippen LogP contribution in [-0.2, 0) is 13.6 Å². The SMILES string of the molecule is Cc1nccn1CC(C)CNC(=O)c1cncc(-c2cnn(C)c2)c1. The Labute approximate surface area is 146 Å². The standard InChI is InChI=1S/C18H22N6O/c1-13(11-24-5-4-20-14(24)2)7-21-18(25)16-6-15(8-19-9-16)17-10-22-23(3)12-17/h4-6,8-10,12-13H,7,11H2,1-3H3,(H,21,25). The van der Waals surface area contributed by atoms with Crippen molar-refractivity contribution in [2.75, 3.05) is 6.54 Å². The summed E-state index contributed by atoms with van der Waals surface area (Å²) in [5, 5.41) is 7.13. The fourth-order valence-corrected chi connectivity index (χ4v) is 2.66. The van der Waals surface area contributed by atoms with Gasteiger partial charge in [0.05, 0.1) is 11.8 Å². The Kier molecular flexibility index (Phi) is 4.92. The zero-order valence-corrected chi connectivity index (χ0v) is 14.7. The molecule has 130 valence electrons. The molecule has 1 unspecified atom stereocenters. The van der Waals surface area contributed by atoms with Crippen LogP contribution in [0.3, 0.4) is 0 Å². The normalized spacial score (nSPS) is 12.1. The Balaban J connectivity index is 1.60. The topological polar surface area (TPSA) is 77.6 Å². The minimum Gasteiger partial charge on any atom is -0.352 e. The molecule has 0 radical (unpaired) electrons. The molecule has 0 spiro atoms. The first kappa shape index (κ1) is 16.9. The van der Waals surface area contributed by atoms with Crippen molar-refractivity contribution in [3.05, 3.63) is 54.6 Å². The highest BCUT2D eigenvalue weighted by Crippen LogP contribution is 2.18. The number of amides is 1. The Hall–Kier alpha value is -2.96. The van der Waals surface area contributed by atoms with Gasteiger partial charge in [-0.15, -0.1) is 0 Å². The maximum atomic E-state index is 12.4. The molecule has 7 nitrogen and oxygen atoms in total. The average Bonchev–Trinajstić information content (AvgIpc) is 3.21. The van der Waals surface area contributed by atoms with Crippen LogP contribution < -0.4 is 5.32 Å². The summed E-state index contributed by atoms with van der Waals surface area (Å²) < 4.78 is 3.81. The molecule has 0 aliphatic rings. The molecule has 25 heavy (non-hydrogen) atoms. The van der Waals surface area contributed by atoms with Crippen LogP contribution in [0.25, 0.3) is 11.1 Å². The number of carbonyl (C=O) groups is 1. The lowest BCUT2D eigenvalue weighted by Gasteiger charge is -2.14. The average molecular weight is 338 g/mol. The lowest BCUT2D eigenvalue weighted by atomic mass is 10.1. The first-order chi connectivity index (χ1) is 12.0. The number of pyridine rings is 1. The fourth-order valence-electron chi connectivity index (χ4n) is 2.66. The van der Waals surface area contributed by atoms with E-state index in [4.69, 9.17) is 0 Å². The molecule has 1 N–H and O–H groups in total. The Bertz CT molecular complexity index is 866. The van der Waals surface area contributed by atoms with Crippen LogP contribution in [0.4, 0.5) is 0 Å². The van der Waals surface area contributed by atoms with Crippen LogP contribution in [0.5, 0.6) is 0 Å². The molecule has 7 heteroatoms. The second-order valence-electron chi connectivity index (χ2n) is 6.31. The summed E-state index contributed by atoms with van der Waals surface area (Å²) in [6.45, 7) is 5.48. The molecule has 1 amide bonds. The summed E-state index contributed by atoms with van der Waals surface area (Å²) in [5.41, 5.74) is 2.36. The Morgan fingerprint density at radius 2 is 2.12 bits per heavy atom. The lowest BCUT2D eigenvalue weighted by Crippen LogP contribution is -2.30. The van der Waals surface area contributed by atoms with Gasteiger partial charge in [0.15, 0.2) is 0 Å². The van der Waals surface area contributed by atoms with Gasteiger partial charge in [0.1, 0.15) is 5.82 Å². The van der Waals surface area contributed by atoms with Crippen LogP contribution in [0.15, 0.2) is 43.2 Å². The summed E-state index contributed by atoms with van der Waals surface area (Å²) in [7, 11) is 1.86. The van der Waals surface area contributed by atoms with Crippen molar-refractivity contribution in [1.29, 1.82) is 0 Å². The van der Waals surface area contributed by atoms with Crippen molar-refractivity contribution >= 4 is 5.91 Å². The maximum absolute atomic E-state index is 12.4. The summed E-state index contributed by atoms with van der Waals surface area (Å²) in [5.74, 6) is 1.16. The summed E-state index contributed by atoms with van der Waals surface area (Å²) >= 11 is 0. The minimum atomic E-state index is -0.118. The zero-order valence-electron chi connectivity index (χ0n) is 14.7. The third-order valence-electron chi connectivity index (χ3n) is 4.08. The molecular weight excluding hydrogens is 316 g/mol. The molecule has 0 saturated carbocycles. The molecule has 0 aromatic carbocycles. The van der Waals surface area contributed by atoms with Gasteiger partial charge >= 0.3 is 0 Å². The zero-order chi connectivity index (χ0) is 17.8. The van der Waals surface area contributed by atoms with Crippen molar-refractivity contribution in [2.24, 2.45) is 13.0 Å². The number of nitrogens with zero attached hydrogens (tertiary/aromatic N) is 5. The number of imidazole rings is 1. The van der Waals surface area contributed by atoms with Crippen molar-refractivity contribution in [2.45, 2.75) is 20.4 Å². The van der Waals surface area contributed by atoms with Gasteiger partial charge in [-0.25, -0.2) is 4.98 Å². The third kappa shape index (κ3) is 4.12. The maximum Gasteiger partial charge on any atom is 0.252 e. The first-order valence-electron chi connectivity index (χ1n) is 8.23. The van der Waals surface area contributed by atoms with Gasteiger partial charge in [0.2, 0.25) is 0 Å². The lowest BCUT2D eigenvalue weighted by molar-refractivity contribution is 0.0946. The summed E-state index contributed by atoms with van der Waals surface area (Å²) in [4.78, 5) is 20.8. The molecule has 0 aliphatic carbocycles. The number of hydrogen-bond acceptors (Lipinski definition) is 4. The number of aryl methyl sites for hydroxylation is 2. The smallest absolute Gasteiger partial charge is 0.252 e. The van der Waals surface area contributed by atoms with Gasteiger partial charge in [-0.1, -0.05) is 6.92 Å². The van der Waals surface area contributed by atoms with Crippen molar-refractivity contribution in [3.63, 3.8) is 0 Å². The van der Waals surface area contributed by atoms with Crippen molar-refractivity contribution in [1.82, 2.24) is 29.6 Å². The fraction of sp³-hybridized carbons (Fsp3) is 0.333. The van der Waals surface area contributed by atoms with Gasteiger partial charge in [0.25, 0.3) is 5.91 Å². The van der Waals surface area contributed by atoms with E-state index in [1.165, 1.54) is 0 Å². The Morgan fingerprint density at radius 1 is 1.28 bits per heavy atom. The number of aromatic nitrogens is 5. The second kappa shape index (κ2) is 7.29. The Morgan fingerprint density at radius 3 is 2.80 bits per heavy atom. The first-order valence-corrected chi connectivity index (χ1v) is 8.23. The molecular formula is C18H22N6O. The molecule has 0 saturated heterocycles. The number of rotatable bonds is 6. The molecule has 3 heterocycles. The highest BCUT2D eigenvalue weighted by Gasteiger charge is 2.11. The van der Waals surface area contributed by atoms with Crippen molar-refractivity contribution < 1.29 is 4.79 Å². The number of nitrogens with one attached hydrogen (secondary N) is 1. The van der Waals surface area contributed by atoms with E-state index < -0.39 is 0 Å². The van der Waals surface area contributed by atoms with Crippen LogP contribution in [0.2, 0.25) is 0 Å². The highest BCUT2D eigenvalue weighted by molar-refractivity contribution is 5.95. The predicted octanol–water partition coefficient (Wildman–Crippen LogP) is 2.05. The monoisotopic (exact) mass is 338 g/mol. The number of hydrogen-bond donors (Lipinski definition) is 1. The molecule has 1 atom stereocenters.